The first-order valence-electron chi connectivity index (χ1n) is 4.83. The SMILES string of the molecule is CSc1cccc(Oc2c[nH]c(=O)[nH]c2=O)c1. The summed E-state index contributed by atoms with van der Waals surface area (Å²) in [5, 5.41) is 0. The quantitative estimate of drug-likeness (QED) is 0.811. The standard InChI is InChI=1S/C11H10N2O3S/c1-17-8-4-2-3-7(5-8)16-9-6-12-11(15)13-10(9)14/h2-6H,1H3,(H2,12,13,14,15). The molecule has 2 aromatic rings. The van der Waals surface area contributed by atoms with Gasteiger partial charge in [0, 0.05) is 4.90 Å². The van der Waals surface area contributed by atoms with Crippen molar-refractivity contribution in [3.05, 3.63) is 51.3 Å². The Morgan fingerprint density at radius 1 is 1.29 bits per heavy atom. The van der Waals surface area contributed by atoms with Crippen molar-refractivity contribution in [3.63, 3.8) is 0 Å². The number of ether oxygens (including phenoxy) is 1. The van der Waals surface area contributed by atoms with Gasteiger partial charge in [-0.05, 0) is 24.5 Å². The van der Waals surface area contributed by atoms with Gasteiger partial charge < -0.3 is 9.72 Å². The number of aromatic amines is 2. The van der Waals surface area contributed by atoms with Crippen LogP contribution >= 0.6 is 11.8 Å². The van der Waals surface area contributed by atoms with E-state index in [-0.39, 0.29) is 5.75 Å². The number of aromatic nitrogens is 2. The van der Waals surface area contributed by atoms with E-state index in [1.165, 1.54) is 6.20 Å². The van der Waals surface area contributed by atoms with Gasteiger partial charge in [-0.1, -0.05) is 6.07 Å². The second-order valence-corrected chi connectivity index (χ2v) is 4.10. The van der Waals surface area contributed by atoms with Crippen LogP contribution in [0.15, 0.2) is 44.9 Å². The highest BCUT2D eigenvalue weighted by Crippen LogP contribution is 2.23. The lowest BCUT2D eigenvalue weighted by Crippen LogP contribution is -2.21. The van der Waals surface area contributed by atoms with Gasteiger partial charge in [0.05, 0.1) is 6.20 Å². The number of H-pyrrole nitrogens is 2. The van der Waals surface area contributed by atoms with Crippen molar-refractivity contribution in [1.29, 1.82) is 0 Å². The van der Waals surface area contributed by atoms with Crippen LogP contribution in [-0.2, 0) is 0 Å². The molecule has 1 aromatic carbocycles. The molecule has 0 saturated heterocycles. The lowest BCUT2D eigenvalue weighted by Gasteiger charge is -2.05. The molecule has 0 amide bonds. The van der Waals surface area contributed by atoms with E-state index in [4.69, 9.17) is 4.74 Å². The fraction of sp³-hybridized carbons (Fsp3) is 0.0909. The zero-order valence-electron chi connectivity index (χ0n) is 9.02. The van der Waals surface area contributed by atoms with Gasteiger partial charge in [-0.15, -0.1) is 11.8 Å². The first-order valence-corrected chi connectivity index (χ1v) is 6.05. The molecule has 0 aliphatic heterocycles. The van der Waals surface area contributed by atoms with Gasteiger partial charge in [0.2, 0.25) is 5.75 Å². The number of rotatable bonds is 3. The van der Waals surface area contributed by atoms with E-state index >= 15 is 0 Å². The van der Waals surface area contributed by atoms with Gasteiger partial charge >= 0.3 is 5.69 Å². The number of nitrogens with one attached hydrogen (secondary N) is 2. The average Bonchev–Trinajstić information content (AvgIpc) is 2.33. The predicted molar refractivity (Wildman–Crippen MR) is 66.0 cm³/mol. The third-order valence-electron chi connectivity index (χ3n) is 2.05. The van der Waals surface area contributed by atoms with Crippen molar-refractivity contribution < 1.29 is 4.74 Å². The summed E-state index contributed by atoms with van der Waals surface area (Å²) < 4.78 is 5.38. The Morgan fingerprint density at radius 2 is 2.12 bits per heavy atom. The fourth-order valence-electron chi connectivity index (χ4n) is 1.26. The number of hydrogen-bond acceptors (Lipinski definition) is 4. The first kappa shape index (κ1) is 11.5. The molecule has 0 fully saturated rings. The Kier molecular flexibility index (Phi) is 3.34. The van der Waals surface area contributed by atoms with Gasteiger partial charge in [-0.3, -0.25) is 9.78 Å². The lowest BCUT2D eigenvalue weighted by molar-refractivity contribution is 0.469. The average molecular weight is 250 g/mol. The van der Waals surface area contributed by atoms with Crippen LogP contribution in [0.3, 0.4) is 0 Å². The molecule has 0 unspecified atom stereocenters. The van der Waals surface area contributed by atoms with Crippen LogP contribution in [0, 0.1) is 0 Å². The van der Waals surface area contributed by atoms with E-state index in [2.05, 4.69) is 9.97 Å². The molecule has 17 heavy (non-hydrogen) atoms. The molecular formula is C11H10N2O3S. The van der Waals surface area contributed by atoms with E-state index in [0.29, 0.717) is 5.75 Å². The van der Waals surface area contributed by atoms with Crippen LogP contribution in [0.5, 0.6) is 11.5 Å². The van der Waals surface area contributed by atoms with Gasteiger partial charge in [-0.2, -0.15) is 0 Å². The summed E-state index contributed by atoms with van der Waals surface area (Å²) in [7, 11) is 0. The van der Waals surface area contributed by atoms with Crippen LogP contribution in [-0.4, -0.2) is 16.2 Å². The van der Waals surface area contributed by atoms with Crippen LogP contribution < -0.4 is 16.0 Å². The normalized spacial score (nSPS) is 10.2. The Balaban J connectivity index is 2.31. The molecule has 1 aromatic heterocycles. The number of hydrogen-bond donors (Lipinski definition) is 2. The minimum Gasteiger partial charge on any atom is -0.450 e. The summed E-state index contributed by atoms with van der Waals surface area (Å²) in [6, 6.07) is 7.33. The molecule has 0 aliphatic rings. The minimum absolute atomic E-state index is 0.0582. The summed E-state index contributed by atoms with van der Waals surface area (Å²) in [6.45, 7) is 0. The summed E-state index contributed by atoms with van der Waals surface area (Å²) in [5.41, 5.74) is -1.11. The van der Waals surface area contributed by atoms with Crippen LogP contribution in [0.4, 0.5) is 0 Å². The smallest absolute Gasteiger partial charge is 0.325 e. The highest BCUT2D eigenvalue weighted by Gasteiger charge is 2.03. The molecule has 2 N–H and O–H groups in total. The third-order valence-corrected chi connectivity index (χ3v) is 2.78. The Hall–Kier alpha value is -1.95. The summed E-state index contributed by atoms with van der Waals surface area (Å²) in [4.78, 5) is 27.7. The first-order chi connectivity index (χ1) is 8.19. The number of thioether (sulfide) groups is 1. The summed E-state index contributed by atoms with van der Waals surface area (Å²) >= 11 is 1.58. The number of benzene rings is 1. The van der Waals surface area contributed by atoms with E-state index in [1.807, 2.05) is 24.5 Å². The zero-order valence-corrected chi connectivity index (χ0v) is 9.84. The molecule has 0 radical (unpaired) electrons. The maximum atomic E-state index is 11.4. The summed E-state index contributed by atoms with van der Waals surface area (Å²) in [5.74, 6) is 0.609. The van der Waals surface area contributed by atoms with Crippen molar-refractivity contribution in [2.24, 2.45) is 0 Å². The van der Waals surface area contributed by atoms with E-state index in [9.17, 15) is 9.59 Å². The van der Waals surface area contributed by atoms with Crippen molar-refractivity contribution in [3.8, 4) is 11.5 Å². The fourth-order valence-corrected chi connectivity index (χ4v) is 1.71. The van der Waals surface area contributed by atoms with E-state index < -0.39 is 11.2 Å². The third kappa shape index (κ3) is 2.79. The second-order valence-electron chi connectivity index (χ2n) is 3.22. The van der Waals surface area contributed by atoms with Crippen molar-refractivity contribution in [2.75, 3.05) is 6.26 Å². The monoisotopic (exact) mass is 250 g/mol. The molecule has 6 heteroatoms. The topological polar surface area (TPSA) is 75.0 Å². The van der Waals surface area contributed by atoms with Gasteiger partial charge in [-0.25, -0.2) is 4.79 Å². The molecule has 1 heterocycles. The highest BCUT2D eigenvalue weighted by molar-refractivity contribution is 7.98. The largest absolute Gasteiger partial charge is 0.450 e. The van der Waals surface area contributed by atoms with E-state index in [0.717, 1.165) is 4.90 Å². The Morgan fingerprint density at radius 3 is 2.82 bits per heavy atom. The van der Waals surface area contributed by atoms with Crippen LogP contribution in [0.2, 0.25) is 0 Å². The lowest BCUT2D eigenvalue weighted by atomic mass is 10.3. The van der Waals surface area contributed by atoms with Crippen LogP contribution in [0.1, 0.15) is 0 Å². The van der Waals surface area contributed by atoms with Crippen molar-refractivity contribution in [1.82, 2.24) is 9.97 Å². The molecule has 0 bridgehead atoms. The molecule has 5 nitrogen and oxygen atoms in total. The second kappa shape index (κ2) is 4.92. The predicted octanol–water partition coefficient (Wildman–Crippen LogP) is 1.58. The molecule has 0 spiro atoms. The van der Waals surface area contributed by atoms with Gasteiger partial charge in [0.25, 0.3) is 5.56 Å². The highest BCUT2D eigenvalue weighted by atomic mass is 32.2. The van der Waals surface area contributed by atoms with Crippen LogP contribution in [0.25, 0.3) is 0 Å². The molecule has 0 aliphatic carbocycles. The molecule has 2 rings (SSSR count). The minimum atomic E-state index is -0.555. The Labute approximate surface area is 101 Å². The maximum absolute atomic E-state index is 11.4. The van der Waals surface area contributed by atoms with Gasteiger partial charge in [0.15, 0.2) is 0 Å². The molecule has 88 valence electrons. The summed E-state index contributed by atoms with van der Waals surface area (Å²) in [6.07, 6.45) is 3.19. The molecule has 0 atom stereocenters. The Bertz CT molecular complexity index is 633. The zero-order chi connectivity index (χ0) is 12.3. The molecule has 0 saturated carbocycles. The maximum Gasteiger partial charge on any atom is 0.325 e. The van der Waals surface area contributed by atoms with E-state index in [1.54, 1.807) is 17.8 Å². The van der Waals surface area contributed by atoms with Gasteiger partial charge in [0.1, 0.15) is 5.75 Å². The van der Waals surface area contributed by atoms with Crippen molar-refractivity contribution >= 4 is 11.8 Å². The van der Waals surface area contributed by atoms with Crippen molar-refractivity contribution in [2.45, 2.75) is 4.90 Å². The molecular weight excluding hydrogens is 240 g/mol.